The van der Waals surface area contributed by atoms with Gasteiger partial charge in [0.05, 0.1) is 38.7 Å². The Kier molecular flexibility index (Phi) is 5.82. The molecule has 4 rings (SSSR count). The Hall–Kier alpha value is 0.0600. The summed E-state index contributed by atoms with van der Waals surface area (Å²) in [4.78, 5) is 13.0. The molecule has 0 radical (unpaired) electrons. The molecule has 0 aromatic rings. The molecule has 1 N–H and O–H groups in total. The van der Waals surface area contributed by atoms with E-state index in [1.807, 2.05) is 6.92 Å². The molecule has 164 valence electrons. The Bertz CT molecular complexity index is 703. The molecule has 0 aromatic heterocycles. The number of rotatable bonds is 4. The number of nitrogens with zero attached hydrogens (tertiary/aromatic N) is 1. The normalized spacial score (nSPS) is 47.1. The maximum atomic E-state index is 13.0. The van der Waals surface area contributed by atoms with Crippen LogP contribution in [0.4, 0.5) is 0 Å². The highest BCUT2D eigenvalue weighted by Crippen LogP contribution is 2.67. The van der Waals surface area contributed by atoms with E-state index in [1.54, 1.807) is 5.57 Å². The van der Waals surface area contributed by atoms with Gasteiger partial charge in [0.2, 0.25) is 0 Å². The lowest BCUT2D eigenvalue weighted by atomic mass is 9.47. The van der Waals surface area contributed by atoms with Crippen LogP contribution < -0.4 is 0 Å². The average Bonchev–Trinajstić information content (AvgIpc) is 2.96. The van der Waals surface area contributed by atoms with Crippen LogP contribution >= 0.6 is 22.6 Å². The quantitative estimate of drug-likeness (QED) is 0.248. The predicted molar refractivity (Wildman–Crippen MR) is 127 cm³/mol. The third kappa shape index (κ3) is 3.38. The Morgan fingerprint density at radius 1 is 1.24 bits per heavy atom. The molecule has 4 aliphatic rings. The lowest BCUT2D eigenvalue weighted by Gasteiger charge is -2.57. The molecule has 8 atom stereocenters. The van der Waals surface area contributed by atoms with Crippen molar-refractivity contribution in [3.8, 4) is 0 Å². The van der Waals surface area contributed by atoms with Crippen LogP contribution in [0.3, 0.4) is 0 Å². The van der Waals surface area contributed by atoms with Crippen LogP contribution in [0.2, 0.25) is 0 Å². The van der Waals surface area contributed by atoms with Crippen molar-refractivity contribution >= 4 is 28.4 Å². The number of halogens is 1. The number of hydrogen-bond acceptors (Lipinski definition) is 2. The van der Waals surface area contributed by atoms with Crippen LogP contribution in [0.5, 0.6) is 0 Å². The van der Waals surface area contributed by atoms with Crippen molar-refractivity contribution < 1.29 is 14.4 Å². The average molecular weight is 515 g/mol. The van der Waals surface area contributed by atoms with E-state index >= 15 is 0 Å². The van der Waals surface area contributed by atoms with Crippen molar-refractivity contribution in [3.63, 3.8) is 0 Å². The fourth-order valence-corrected chi connectivity index (χ4v) is 9.71. The van der Waals surface area contributed by atoms with Crippen LogP contribution in [0.1, 0.15) is 65.7 Å². The number of Topliss-reactive ketones (excluding diaryl/α,β-unsaturated/α-hetero) is 1. The molecule has 3 saturated carbocycles. The van der Waals surface area contributed by atoms with Gasteiger partial charge in [0, 0.05) is 10.8 Å². The largest absolute Gasteiger partial charge is 0.393 e. The first-order valence-corrected chi connectivity index (χ1v) is 13.3. The Labute approximate surface area is 191 Å². The maximum Gasteiger partial charge on any atom is 0.139 e. The Morgan fingerprint density at radius 3 is 2.62 bits per heavy atom. The van der Waals surface area contributed by atoms with Gasteiger partial charge in [0.25, 0.3) is 0 Å². The van der Waals surface area contributed by atoms with Crippen LogP contribution in [0, 0.1) is 34.5 Å². The molecule has 0 heterocycles. The summed E-state index contributed by atoms with van der Waals surface area (Å²) in [5, 5.41) is 10.2. The second-order valence-corrected chi connectivity index (χ2v) is 12.9. The van der Waals surface area contributed by atoms with Crippen LogP contribution in [0.15, 0.2) is 11.6 Å². The third-order valence-electron chi connectivity index (χ3n) is 10.1. The number of aliphatic hydroxyl groups is 1. The van der Waals surface area contributed by atoms with Gasteiger partial charge in [0.1, 0.15) is 5.78 Å². The summed E-state index contributed by atoms with van der Waals surface area (Å²) in [6.07, 6.45) is 10.2. The number of hydrogen-bond donors (Lipinski definition) is 1. The van der Waals surface area contributed by atoms with Gasteiger partial charge >= 0.3 is 0 Å². The van der Waals surface area contributed by atoms with Crippen LogP contribution in [-0.2, 0) is 4.79 Å². The van der Waals surface area contributed by atoms with Crippen molar-refractivity contribution in [3.05, 3.63) is 11.6 Å². The van der Waals surface area contributed by atoms with Gasteiger partial charge in [-0.3, -0.25) is 4.79 Å². The third-order valence-corrected chi connectivity index (χ3v) is 10.6. The molecular weight excluding hydrogens is 473 g/mol. The van der Waals surface area contributed by atoms with Crippen molar-refractivity contribution in [1.82, 2.24) is 0 Å². The molecule has 0 bridgehead atoms. The van der Waals surface area contributed by atoms with Gasteiger partial charge in [-0.25, -0.2) is 0 Å². The summed E-state index contributed by atoms with van der Waals surface area (Å²) >= 11 is 2.49. The summed E-state index contributed by atoms with van der Waals surface area (Å²) in [7, 11) is 4.72. The van der Waals surface area contributed by atoms with E-state index in [2.05, 4.69) is 56.6 Å². The fraction of sp³-hybridized carbons (Fsp3) is 0.880. The van der Waals surface area contributed by atoms with Crippen LogP contribution in [-0.4, -0.2) is 52.6 Å². The first kappa shape index (κ1) is 22.3. The van der Waals surface area contributed by atoms with E-state index in [0.717, 1.165) is 40.6 Å². The van der Waals surface area contributed by atoms with E-state index in [0.29, 0.717) is 23.7 Å². The molecule has 3 nitrogen and oxygen atoms in total. The number of carbonyl (C=O) groups excluding carboxylic acids is 1. The lowest BCUT2D eigenvalue weighted by molar-refractivity contribution is -0.914. The van der Waals surface area contributed by atoms with E-state index in [9.17, 15) is 9.90 Å². The number of carbonyl (C=O) groups is 1. The summed E-state index contributed by atoms with van der Waals surface area (Å²) in [5.74, 6) is 2.74. The van der Waals surface area contributed by atoms with Gasteiger partial charge in [0.15, 0.2) is 0 Å². The van der Waals surface area contributed by atoms with Crippen LogP contribution in [0.25, 0.3) is 0 Å². The highest BCUT2D eigenvalue weighted by atomic mass is 127. The maximum absolute atomic E-state index is 13.0. The van der Waals surface area contributed by atoms with Crippen molar-refractivity contribution in [2.75, 3.05) is 25.1 Å². The molecular formula is C25H41INO2+. The molecule has 0 aromatic carbocycles. The Balaban J connectivity index is 1.69. The molecule has 0 unspecified atom stereocenters. The van der Waals surface area contributed by atoms with Crippen molar-refractivity contribution in [2.24, 2.45) is 34.5 Å². The minimum Gasteiger partial charge on any atom is -0.393 e. The summed E-state index contributed by atoms with van der Waals surface area (Å²) < 4.78 is 2.13. The smallest absolute Gasteiger partial charge is 0.139 e. The van der Waals surface area contributed by atoms with Gasteiger partial charge in [-0.1, -0.05) is 48.1 Å². The minimum absolute atomic E-state index is 0.135. The fourth-order valence-electron chi connectivity index (χ4n) is 8.46. The van der Waals surface area contributed by atoms with Gasteiger partial charge in [-0.05, 0) is 74.0 Å². The van der Waals surface area contributed by atoms with E-state index in [4.69, 9.17) is 0 Å². The second-order valence-electron chi connectivity index (χ2n) is 11.8. The lowest BCUT2D eigenvalue weighted by Crippen LogP contribution is -2.55. The number of quaternary nitrogens is 1. The van der Waals surface area contributed by atoms with Crippen molar-refractivity contribution in [1.29, 1.82) is 0 Å². The first-order valence-electron chi connectivity index (χ1n) is 11.8. The predicted octanol–water partition coefficient (Wildman–Crippen LogP) is 5.01. The van der Waals surface area contributed by atoms with Gasteiger partial charge in [-0.15, -0.1) is 0 Å². The first-order chi connectivity index (χ1) is 13.5. The minimum atomic E-state index is -0.135. The van der Waals surface area contributed by atoms with E-state index in [-0.39, 0.29) is 22.9 Å². The number of alkyl halides is 1. The summed E-state index contributed by atoms with van der Waals surface area (Å²) in [6, 6.07) is 0.461. The molecule has 0 amide bonds. The number of allylic oxidation sites excluding steroid dienone is 1. The topological polar surface area (TPSA) is 37.3 Å². The zero-order chi connectivity index (χ0) is 21.2. The monoisotopic (exact) mass is 514 g/mol. The highest BCUT2D eigenvalue weighted by Gasteiger charge is 2.64. The number of fused-ring (bicyclic) bond motifs is 5. The molecule has 0 spiro atoms. The highest BCUT2D eigenvalue weighted by molar-refractivity contribution is 14.1. The van der Waals surface area contributed by atoms with Crippen molar-refractivity contribution in [2.45, 2.75) is 77.9 Å². The molecule has 4 heteroatoms. The standard InChI is InChI=1S/C25H41INO2/c1-16(28)23-22(27(4,5)13-12-26)15-21-19-7-6-17-14-18(29)8-10-24(17,2)20(19)9-11-25(21,23)3/h6,18-23,29H,7-15H2,1-5H3/q+1/t18-,19+,20-,21-,22-,23-,24-,25-/m0/s1. The zero-order valence-electron chi connectivity index (χ0n) is 19.1. The summed E-state index contributed by atoms with van der Waals surface area (Å²) in [6.45, 7) is 7.97. The van der Waals surface area contributed by atoms with E-state index < -0.39 is 0 Å². The molecule has 29 heavy (non-hydrogen) atoms. The van der Waals surface area contributed by atoms with Gasteiger partial charge in [-0.2, -0.15) is 0 Å². The van der Waals surface area contributed by atoms with Gasteiger partial charge < -0.3 is 9.59 Å². The molecule has 0 saturated heterocycles. The number of aliphatic hydroxyl groups excluding tert-OH is 1. The molecule has 4 aliphatic carbocycles. The molecule has 3 fully saturated rings. The summed E-state index contributed by atoms with van der Waals surface area (Å²) in [5.41, 5.74) is 1.98. The molecule has 0 aliphatic heterocycles. The second kappa shape index (κ2) is 7.58. The SMILES string of the molecule is CC(=O)[C@H]1[C@@H]([N+](C)(C)CCI)C[C@H]2[C@@H]3CC=C4C[C@@H](O)CC[C@]4(C)[C@H]3CC[C@@]21C. The number of ketones is 1. The zero-order valence-corrected chi connectivity index (χ0v) is 21.2. The van der Waals surface area contributed by atoms with E-state index in [1.165, 1.54) is 25.7 Å². The Morgan fingerprint density at radius 2 is 1.97 bits per heavy atom.